The predicted molar refractivity (Wildman–Crippen MR) is 162 cm³/mol. The standard InChI is InChI=1S/2C17H19.2ClH.Zr/c2*1-13(14-7-3-2-4-8-14)17-11-15-9-5-6-10-16(15)12-17;;;/h2*5-6,9-12,14H,1-4,7-8H2;2*1H;/q-5;-1;;;+2/p-2. The summed E-state index contributed by atoms with van der Waals surface area (Å²) in [6.45, 7) is 8.69. The van der Waals surface area contributed by atoms with E-state index in [1.807, 2.05) is 0 Å². The van der Waals surface area contributed by atoms with Gasteiger partial charge in [-0.3, -0.25) is 0 Å². The molecule has 0 spiro atoms. The van der Waals surface area contributed by atoms with Gasteiger partial charge in [0.1, 0.15) is 0 Å². The first kappa shape index (κ1) is 28.6. The summed E-state index contributed by atoms with van der Waals surface area (Å²) in [6, 6.07) is 26.4. The Bertz CT molecular complexity index is 1120. The van der Waals surface area contributed by atoms with Crippen molar-refractivity contribution >= 4 is 49.7 Å². The molecule has 37 heavy (non-hydrogen) atoms. The molecule has 2 aliphatic rings. The van der Waals surface area contributed by atoms with Crippen LogP contribution in [0.2, 0.25) is 0 Å². The van der Waals surface area contributed by atoms with Gasteiger partial charge in [-0.1, -0.05) is 62.3 Å². The zero-order chi connectivity index (χ0) is 26.0. The summed E-state index contributed by atoms with van der Waals surface area (Å²) in [5.74, 6) is 1.45. The van der Waals surface area contributed by atoms with Gasteiger partial charge in [-0.05, 0) is 18.8 Å². The first-order chi connectivity index (χ1) is 18.1. The van der Waals surface area contributed by atoms with Gasteiger partial charge in [0.05, 0.1) is 0 Å². The van der Waals surface area contributed by atoms with Crippen LogP contribution >= 0.6 is 17.0 Å². The van der Waals surface area contributed by atoms with Gasteiger partial charge >= 0.3 is 37.9 Å². The fourth-order valence-corrected chi connectivity index (χ4v) is 6.05. The third-order valence-corrected chi connectivity index (χ3v) is 8.17. The topological polar surface area (TPSA) is 0 Å². The maximum atomic E-state index is 4.93. The number of halogens is 2. The van der Waals surface area contributed by atoms with E-state index >= 15 is 0 Å². The number of fused-ring (bicyclic) bond motifs is 2. The second-order valence-electron chi connectivity index (χ2n) is 10.5. The molecule has 2 fully saturated rings. The summed E-state index contributed by atoms with van der Waals surface area (Å²) in [4.78, 5) is 0. The van der Waals surface area contributed by atoms with Crippen LogP contribution in [0.4, 0.5) is 0 Å². The fraction of sp³-hybridized carbons (Fsp3) is 0.353. The van der Waals surface area contributed by atoms with E-state index in [1.165, 1.54) is 108 Å². The minimum atomic E-state index is -0.826. The van der Waals surface area contributed by atoms with Crippen LogP contribution in [-0.2, 0) is 20.8 Å². The molecule has 0 heterocycles. The Labute approximate surface area is 242 Å². The monoisotopic (exact) mass is 606 g/mol. The quantitative estimate of drug-likeness (QED) is 0.202. The Morgan fingerprint density at radius 3 is 1.89 bits per heavy atom. The Morgan fingerprint density at radius 1 is 0.784 bits per heavy atom. The van der Waals surface area contributed by atoms with Crippen LogP contribution in [0, 0.1) is 11.8 Å². The molecule has 198 valence electrons. The molecule has 0 aromatic heterocycles. The molecule has 2 aliphatic carbocycles. The molecule has 6 rings (SSSR count). The molecule has 0 N–H and O–H groups in total. The first-order valence-corrected chi connectivity index (χ1v) is 20.1. The summed E-state index contributed by atoms with van der Waals surface area (Å²) in [7, 11) is 9.87. The Kier molecular flexibility index (Phi) is 11.3. The Morgan fingerprint density at radius 2 is 1.32 bits per heavy atom. The van der Waals surface area contributed by atoms with Crippen molar-refractivity contribution in [1.29, 1.82) is 0 Å². The van der Waals surface area contributed by atoms with Gasteiger partial charge in [-0.25, -0.2) is 6.07 Å². The van der Waals surface area contributed by atoms with E-state index in [2.05, 4.69) is 86.0 Å². The molecule has 0 nitrogen and oxygen atoms in total. The number of hydrogen-bond donors (Lipinski definition) is 0. The maximum absolute atomic E-state index is 4.93. The molecule has 0 aliphatic heterocycles. The van der Waals surface area contributed by atoms with E-state index in [0.717, 1.165) is 11.8 Å². The number of benzene rings is 2. The van der Waals surface area contributed by atoms with Crippen LogP contribution < -0.4 is 0 Å². The van der Waals surface area contributed by atoms with Crippen molar-refractivity contribution in [1.82, 2.24) is 0 Å². The Balaban J connectivity index is 0.000000157. The van der Waals surface area contributed by atoms with Crippen LogP contribution in [0.3, 0.4) is 0 Å². The SMILES string of the molecule is C=C([c-]1[cH-][c-]2cccc[c-]2[cH-]1)C1CCCCC1.C=C(c1cc2cccc[c-]2c1)C1CCCCC1.[Cl][Zr][Cl]. The van der Waals surface area contributed by atoms with E-state index in [9.17, 15) is 0 Å². The van der Waals surface area contributed by atoms with Gasteiger partial charge in [0, 0.05) is 0 Å². The van der Waals surface area contributed by atoms with Crippen molar-refractivity contribution in [2.75, 3.05) is 0 Å². The second-order valence-corrected chi connectivity index (χ2v) is 14.3. The van der Waals surface area contributed by atoms with Crippen LogP contribution in [0.25, 0.3) is 32.7 Å². The molecule has 0 radical (unpaired) electrons. The van der Waals surface area contributed by atoms with Crippen molar-refractivity contribution < 1.29 is 20.8 Å². The predicted octanol–water partition coefficient (Wildman–Crippen LogP) is 11.7. The van der Waals surface area contributed by atoms with Crippen molar-refractivity contribution in [3.63, 3.8) is 0 Å². The zero-order valence-corrected chi connectivity index (χ0v) is 25.8. The molecule has 0 bridgehead atoms. The molecule has 3 heteroatoms. The minimum absolute atomic E-state index is 0.723. The number of allylic oxidation sites excluding steroid dienone is 2. The van der Waals surface area contributed by atoms with Gasteiger partial charge < -0.3 is 46.7 Å². The normalized spacial score (nSPS) is 16.4. The van der Waals surface area contributed by atoms with Crippen LogP contribution in [0.5, 0.6) is 0 Å². The molecule has 4 aromatic rings. The fourth-order valence-electron chi connectivity index (χ4n) is 6.05. The van der Waals surface area contributed by atoms with Gasteiger partial charge in [0.15, 0.2) is 0 Å². The van der Waals surface area contributed by atoms with Gasteiger partial charge in [-0.15, -0.1) is 65.9 Å². The summed E-state index contributed by atoms with van der Waals surface area (Å²) in [5.41, 5.74) is 5.44. The first-order valence-electron chi connectivity index (χ1n) is 13.8. The zero-order valence-electron chi connectivity index (χ0n) is 21.8. The average Bonchev–Trinajstić information content (AvgIpc) is 3.59. The van der Waals surface area contributed by atoms with E-state index in [-0.39, 0.29) is 0 Å². The van der Waals surface area contributed by atoms with E-state index in [4.69, 9.17) is 17.0 Å². The van der Waals surface area contributed by atoms with Crippen LogP contribution in [0.15, 0.2) is 86.0 Å². The van der Waals surface area contributed by atoms with Gasteiger partial charge in [0.25, 0.3) is 0 Å². The van der Waals surface area contributed by atoms with Crippen LogP contribution in [0.1, 0.15) is 75.3 Å². The third-order valence-electron chi connectivity index (χ3n) is 8.17. The molecular weight excluding hydrogens is 571 g/mol. The van der Waals surface area contributed by atoms with Crippen molar-refractivity contribution in [2.24, 2.45) is 11.8 Å². The van der Waals surface area contributed by atoms with Crippen molar-refractivity contribution in [3.8, 4) is 0 Å². The second kappa shape index (κ2) is 14.7. The molecule has 2 saturated carbocycles. The molecular formula is C34H38Cl2Zr-6. The third kappa shape index (κ3) is 7.82. The number of hydrogen-bond acceptors (Lipinski definition) is 0. The summed E-state index contributed by atoms with van der Waals surface area (Å²) in [6.07, 6.45) is 13.7. The average molecular weight is 609 g/mol. The summed E-state index contributed by atoms with van der Waals surface area (Å²) >= 11 is -0.826. The van der Waals surface area contributed by atoms with Gasteiger partial charge in [-0.2, -0.15) is 6.07 Å². The number of rotatable bonds is 4. The van der Waals surface area contributed by atoms with Crippen molar-refractivity contribution in [2.45, 2.75) is 64.2 Å². The molecule has 4 aromatic carbocycles. The van der Waals surface area contributed by atoms with E-state index < -0.39 is 20.8 Å². The molecule has 0 unspecified atom stereocenters. The van der Waals surface area contributed by atoms with E-state index in [1.54, 1.807) is 0 Å². The van der Waals surface area contributed by atoms with Gasteiger partial charge in [0.2, 0.25) is 0 Å². The summed E-state index contributed by atoms with van der Waals surface area (Å²) < 4.78 is 0. The molecule has 0 amide bonds. The summed E-state index contributed by atoms with van der Waals surface area (Å²) in [5, 5.41) is 5.39. The van der Waals surface area contributed by atoms with Crippen molar-refractivity contribution in [3.05, 3.63) is 97.1 Å². The molecule has 0 atom stereocenters. The molecule has 0 saturated heterocycles. The van der Waals surface area contributed by atoms with E-state index in [0.29, 0.717) is 0 Å². The Hall–Kier alpha value is -1.40. The van der Waals surface area contributed by atoms with Crippen LogP contribution in [-0.4, -0.2) is 0 Å².